The van der Waals surface area contributed by atoms with E-state index in [1.807, 2.05) is 6.07 Å². The molecule has 2 aliphatic heterocycles. The van der Waals surface area contributed by atoms with Gasteiger partial charge in [0.05, 0.1) is 15.5 Å². The van der Waals surface area contributed by atoms with Crippen LogP contribution in [0.5, 0.6) is 0 Å². The Morgan fingerprint density at radius 3 is 2.52 bits per heavy atom. The van der Waals surface area contributed by atoms with Crippen LogP contribution in [0.15, 0.2) is 23.1 Å². The molecule has 1 aromatic rings. The van der Waals surface area contributed by atoms with Gasteiger partial charge < -0.3 is 0 Å². The number of hydrogen-bond acceptors (Lipinski definition) is 4. The van der Waals surface area contributed by atoms with Crippen LogP contribution >= 0.6 is 11.6 Å². The van der Waals surface area contributed by atoms with E-state index < -0.39 is 10.0 Å². The Morgan fingerprint density at radius 2 is 1.88 bits per heavy atom. The van der Waals surface area contributed by atoms with Gasteiger partial charge in [0.25, 0.3) is 0 Å². The Labute approximate surface area is 155 Å². The van der Waals surface area contributed by atoms with Crippen LogP contribution in [-0.2, 0) is 10.0 Å². The highest BCUT2D eigenvalue weighted by Crippen LogP contribution is 2.32. The molecule has 0 bridgehead atoms. The van der Waals surface area contributed by atoms with E-state index >= 15 is 0 Å². The molecule has 0 amide bonds. The second kappa shape index (κ2) is 7.24. The number of hydrogen-bond donors (Lipinski definition) is 0. The molecule has 136 valence electrons. The Balaban J connectivity index is 1.84. The Kier molecular flexibility index (Phi) is 5.40. The van der Waals surface area contributed by atoms with Gasteiger partial charge in [0.2, 0.25) is 10.0 Å². The minimum absolute atomic E-state index is 0.150. The van der Waals surface area contributed by atoms with Crippen molar-refractivity contribution >= 4 is 21.6 Å². The zero-order valence-electron chi connectivity index (χ0n) is 14.7. The molecule has 5 nitrogen and oxygen atoms in total. The summed E-state index contributed by atoms with van der Waals surface area (Å²) in [6, 6.07) is 7.57. The smallest absolute Gasteiger partial charge is 0.243 e. The summed E-state index contributed by atoms with van der Waals surface area (Å²) in [6.45, 7) is 5.51. The van der Waals surface area contributed by atoms with Gasteiger partial charge in [0.15, 0.2) is 0 Å². The van der Waals surface area contributed by atoms with E-state index in [-0.39, 0.29) is 21.5 Å². The summed E-state index contributed by atoms with van der Waals surface area (Å²) < 4.78 is 27.7. The molecule has 0 N–H and O–H groups in total. The molecule has 25 heavy (non-hydrogen) atoms. The lowest BCUT2D eigenvalue weighted by atomic mass is 10.0. The van der Waals surface area contributed by atoms with Gasteiger partial charge >= 0.3 is 0 Å². The SMILES string of the molecule is CC1CCC(C)N1C1CCCN(S(=O)(=O)c2ccc(Cl)c(C#N)c2)C1. The van der Waals surface area contributed by atoms with Crippen molar-refractivity contribution in [2.45, 2.75) is 62.6 Å². The molecule has 2 saturated heterocycles. The standard InChI is InChI=1S/C18H24ClN3O2S/c1-13-5-6-14(2)22(13)16-4-3-9-21(12-16)25(23,24)17-7-8-18(19)15(10-17)11-20/h7-8,10,13-14,16H,3-6,9,12H2,1-2H3. The lowest BCUT2D eigenvalue weighted by Gasteiger charge is -2.41. The van der Waals surface area contributed by atoms with Crippen molar-refractivity contribution in [3.63, 3.8) is 0 Å². The molecule has 0 spiro atoms. The van der Waals surface area contributed by atoms with E-state index in [0.717, 1.165) is 12.8 Å². The first-order valence-electron chi connectivity index (χ1n) is 8.82. The molecule has 3 rings (SSSR count). The molecule has 1 aromatic carbocycles. The summed E-state index contributed by atoms with van der Waals surface area (Å²) in [5, 5.41) is 9.39. The molecule has 2 fully saturated rings. The highest BCUT2D eigenvalue weighted by molar-refractivity contribution is 7.89. The summed E-state index contributed by atoms with van der Waals surface area (Å²) in [5.41, 5.74) is 0.193. The Morgan fingerprint density at radius 1 is 1.20 bits per heavy atom. The number of nitriles is 1. The van der Waals surface area contributed by atoms with E-state index in [1.54, 1.807) is 4.31 Å². The third kappa shape index (κ3) is 3.56. The first kappa shape index (κ1) is 18.7. The number of piperidine rings is 1. The van der Waals surface area contributed by atoms with Gasteiger partial charge in [0, 0.05) is 31.2 Å². The summed E-state index contributed by atoms with van der Waals surface area (Å²) in [5.74, 6) is 0. The predicted octanol–water partition coefficient (Wildman–Crippen LogP) is 3.24. The summed E-state index contributed by atoms with van der Waals surface area (Å²) in [6.07, 6.45) is 4.24. The van der Waals surface area contributed by atoms with Crippen molar-refractivity contribution in [2.24, 2.45) is 0 Å². The number of benzene rings is 1. The molecule has 2 heterocycles. The van der Waals surface area contributed by atoms with E-state index in [1.165, 1.54) is 31.0 Å². The van der Waals surface area contributed by atoms with Gasteiger partial charge in [-0.2, -0.15) is 9.57 Å². The number of likely N-dealkylation sites (tertiary alicyclic amines) is 1. The summed E-state index contributed by atoms with van der Waals surface area (Å²) in [4.78, 5) is 2.64. The summed E-state index contributed by atoms with van der Waals surface area (Å²) in [7, 11) is -3.61. The van der Waals surface area contributed by atoms with Gasteiger partial charge in [-0.25, -0.2) is 8.42 Å². The highest BCUT2D eigenvalue weighted by atomic mass is 35.5. The van der Waals surface area contributed by atoms with Gasteiger partial charge in [-0.3, -0.25) is 4.90 Å². The topological polar surface area (TPSA) is 64.4 Å². The zero-order valence-corrected chi connectivity index (χ0v) is 16.2. The molecule has 0 saturated carbocycles. The van der Waals surface area contributed by atoms with Gasteiger partial charge in [-0.15, -0.1) is 0 Å². The van der Waals surface area contributed by atoms with Crippen LogP contribution in [0.3, 0.4) is 0 Å². The van der Waals surface area contributed by atoms with Crippen molar-refractivity contribution in [2.75, 3.05) is 13.1 Å². The summed E-state index contributed by atoms with van der Waals surface area (Å²) >= 11 is 5.94. The molecular weight excluding hydrogens is 358 g/mol. The van der Waals surface area contributed by atoms with Crippen molar-refractivity contribution in [1.82, 2.24) is 9.21 Å². The number of rotatable bonds is 3. The number of halogens is 1. The van der Waals surface area contributed by atoms with E-state index in [0.29, 0.717) is 25.2 Å². The molecule has 0 aliphatic carbocycles. The molecule has 3 unspecified atom stereocenters. The predicted molar refractivity (Wildman–Crippen MR) is 97.9 cm³/mol. The normalized spacial score (nSPS) is 28.8. The van der Waals surface area contributed by atoms with Crippen molar-refractivity contribution in [3.8, 4) is 6.07 Å². The third-order valence-corrected chi connectivity index (χ3v) is 7.69. The van der Waals surface area contributed by atoms with Crippen LogP contribution in [0.25, 0.3) is 0 Å². The van der Waals surface area contributed by atoms with Gasteiger partial charge in [-0.1, -0.05) is 11.6 Å². The van der Waals surface area contributed by atoms with E-state index in [4.69, 9.17) is 16.9 Å². The van der Waals surface area contributed by atoms with Crippen molar-refractivity contribution in [1.29, 1.82) is 5.26 Å². The maximum atomic E-state index is 13.0. The third-order valence-electron chi connectivity index (χ3n) is 5.50. The fourth-order valence-electron chi connectivity index (χ4n) is 4.22. The van der Waals surface area contributed by atoms with Gasteiger partial charge in [0.1, 0.15) is 6.07 Å². The lowest BCUT2D eigenvalue weighted by molar-refractivity contribution is 0.0979. The van der Waals surface area contributed by atoms with Crippen LogP contribution < -0.4 is 0 Å². The molecule has 0 radical (unpaired) electrons. The minimum Gasteiger partial charge on any atom is -0.294 e. The first-order chi connectivity index (χ1) is 11.8. The lowest BCUT2D eigenvalue weighted by Crippen LogP contribution is -2.52. The molecule has 3 atom stereocenters. The van der Waals surface area contributed by atoms with Crippen LogP contribution in [0.1, 0.15) is 45.1 Å². The van der Waals surface area contributed by atoms with Crippen LogP contribution in [0.4, 0.5) is 0 Å². The molecular formula is C18H24ClN3O2S. The van der Waals surface area contributed by atoms with Crippen molar-refractivity contribution in [3.05, 3.63) is 28.8 Å². The fourth-order valence-corrected chi connectivity index (χ4v) is 5.92. The Bertz CT molecular complexity index is 780. The second-order valence-corrected chi connectivity index (χ2v) is 9.48. The van der Waals surface area contributed by atoms with Crippen LogP contribution in [-0.4, -0.2) is 48.8 Å². The second-order valence-electron chi connectivity index (χ2n) is 7.14. The zero-order chi connectivity index (χ0) is 18.2. The first-order valence-corrected chi connectivity index (χ1v) is 10.6. The fraction of sp³-hybridized carbons (Fsp3) is 0.611. The maximum Gasteiger partial charge on any atom is 0.243 e. The Hall–Kier alpha value is -1.13. The average molecular weight is 382 g/mol. The largest absolute Gasteiger partial charge is 0.294 e. The van der Waals surface area contributed by atoms with Crippen molar-refractivity contribution < 1.29 is 8.42 Å². The molecule has 0 aromatic heterocycles. The maximum absolute atomic E-state index is 13.0. The van der Waals surface area contributed by atoms with E-state index in [9.17, 15) is 8.42 Å². The molecule has 2 aliphatic rings. The average Bonchev–Trinajstić information content (AvgIpc) is 2.94. The quantitative estimate of drug-likeness (QED) is 0.806. The van der Waals surface area contributed by atoms with Crippen LogP contribution in [0.2, 0.25) is 5.02 Å². The van der Waals surface area contributed by atoms with E-state index in [2.05, 4.69) is 18.7 Å². The monoisotopic (exact) mass is 381 g/mol. The minimum atomic E-state index is -3.61. The number of nitrogens with zero attached hydrogens (tertiary/aromatic N) is 3. The number of sulfonamides is 1. The highest BCUT2D eigenvalue weighted by Gasteiger charge is 2.38. The van der Waals surface area contributed by atoms with Gasteiger partial charge in [-0.05, 0) is 57.7 Å². The van der Waals surface area contributed by atoms with Crippen LogP contribution in [0, 0.1) is 11.3 Å². The molecule has 7 heteroatoms.